The smallest absolute Gasteiger partial charge is 0.276 e. The third-order valence-electron chi connectivity index (χ3n) is 3.94. The van der Waals surface area contributed by atoms with Crippen LogP contribution in [0.5, 0.6) is 0 Å². The number of aromatic nitrogens is 1. The van der Waals surface area contributed by atoms with Crippen LogP contribution in [0.15, 0.2) is 10.8 Å². The number of nitrogens with zero attached hydrogens (tertiary/aromatic N) is 2. The fourth-order valence-corrected chi connectivity index (χ4v) is 3.99. The van der Waals surface area contributed by atoms with Crippen molar-refractivity contribution in [3.8, 4) is 0 Å². The molecule has 0 aromatic carbocycles. The van der Waals surface area contributed by atoms with Gasteiger partial charge in [-0.2, -0.15) is 0 Å². The van der Waals surface area contributed by atoms with Gasteiger partial charge < -0.3 is 9.32 Å². The summed E-state index contributed by atoms with van der Waals surface area (Å²) in [5, 5.41) is -0.561. The molecule has 1 aromatic rings. The molecule has 1 amide bonds. The molecule has 0 unspecified atom stereocenters. The van der Waals surface area contributed by atoms with Gasteiger partial charge in [0.2, 0.25) is 0 Å². The van der Waals surface area contributed by atoms with Gasteiger partial charge in [-0.3, -0.25) is 4.79 Å². The molecule has 1 aromatic heterocycles. The van der Waals surface area contributed by atoms with Crippen LogP contribution < -0.4 is 0 Å². The Morgan fingerprint density at radius 2 is 2.10 bits per heavy atom. The number of sulfone groups is 1. The van der Waals surface area contributed by atoms with Gasteiger partial charge in [-0.25, -0.2) is 13.4 Å². The Kier molecular flexibility index (Phi) is 3.90. The lowest BCUT2D eigenvalue weighted by Gasteiger charge is -2.37. The molecule has 7 heteroatoms. The molecule has 1 saturated heterocycles. The zero-order valence-electron chi connectivity index (χ0n) is 12.2. The molecule has 20 heavy (non-hydrogen) atoms. The Labute approximate surface area is 119 Å². The van der Waals surface area contributed by atoms with Crippen LogP contribution in [0.25, 0.3) is 0 Å². The zero-order chi connectivity index (χ0) is 15.1. The molecule has 2 rings (SSSR count). The van der Waals surface area contributed by atoms with E-state index in [9.17, 15) is 13.2 Å². The third kappa shape index (κ3) is 2.46. The molecule has 0 aliphatic carbocycles. The highest BCUT2D eigenvalue weighted by molar-refractivity contribution is 7.92. The first kappa shape index (κ1) is 15.0. The summed E-state index contributed by atoms with van der Waals surface area (Å²) >= 11 is 0. The lowest BCUT2D eigenvalue weighted by atomic mass is 10.1. The number of amides is 1. The average Bonchev–Trinajstić information content (AvgIpc) is 2.85. The Hall–Kier alpha value is -1.37. The average molecular weight is 300 g/mol. The highest BCUT2D eigenvalue weighted by Crippen LogP contribution is 2.24. The Balaban J connectivity index is 2.28. The van der Waals surface area contributed by atoms with Crippen molar-refractivity contribution in [2.24, 2.45) is 0 Å². The maximum absolute atomic E-state index is 12.6. The number of rotatable bonds is 2. The number of oxazole rings is 1. The molecular weight excluding hydrogens is 280 g/mol. The minimum Gasteiger partial charge on any atom is -0.447 e. The highest BCUT2D eigenvalue weighted by Gasteiger charge is 2.39. The van der Waals surface area contributed by atoms with Gasteiger partial charge >= 0.3 is 0 Å². The molecule has 0 N–H and O–H groups in total. The van der Waals surface area contributed by atoms with E-state index in [4.69, 9.17) is 4.42 Å². The summed E-state index contributed by atoms with van der Waals surface area (Å²) in [6.07, 6.45) is 1.26. The van der Waals surface area contributed by atoms with Crippen LogP contribution in [0.4, 0.5) is 0 Å². The van der Waals surface area contributed by atoms with Gasteiger partial charge in [0.15, 0.2) is 21.9 Å². The van der Waals surface area contributed by atoms with Crippen molar-refractivity contribution in [1.29, 1.82) is 0 Å². The summed E-state index contributed by atoms with van der Waals surface area (Å²) in [4.78, 5) is 18.1. The maximum Gasteiger partial charge on any atom is 0.276 e. The van der Waals surface area contributed by atoms with E-state index in [1.807, 2.05) is 13.8 Å². The third-order valence-corrected chi connectivity index (χ3v) is 6.22. The molecule has 6 nitrogen and oxygen atoms in total. The molecule has 0 bridgehead atoms. The standard InChI is InChI=1S/C13H20N2O4S/c1-8(2)12-11(14-7-19-12)13(16)15-5-6-20(17,18)10(4)9(15)3/h7-10H,5-6H2,1-4H3/t9-,10+/m1/s1. The second-order valence-electron chi connectivity index (χ2n) is 5.53. The summed E-state index contributed by atoms with van der Waals surface area (Å²) < 4.78 is 29.0. The van der Waals surface area contributed by atoms with Crippen molar-refractivity contribution in [3.05, 3.63) is 17.8 Å². The lowest BCUT2D eigenvalue weighted by molar-refractivity contribution is 0.0685. The largest absolute Gasteiger partial charge is 0.447 e. The van der Waals surface area contributed by atoms with Crippen LogP contribution >= 0.6 is 0 Å². The van der Waals surface area contributed by atoms with E-state index < -0.39 is 15.1 Å². The lowest BCUT2D eigenvalue weighted by Crippen LogP contribution is -2.54. The minimum atomic E-state index is -3.11. The van der Waals surface area contributed by atoms with Crippen molar-refractivity contribution in [3.63, 3.8) is 0 Å². The van der Waals surface area contributed by atoms with E-state index in [0.717, 1.165) is 0 Å². The second kappa shape index (κ2) is 5.20. The van der Waals surface area contributed by atoms with Crippen LogP contribution in [0.3, 0.4) is 0 Å². The molecule has 1 aliphatic heterocycles. The molecular formula is C13H20N2O4S. The van der Waals surface area contributed by atoms with Gasteiger partial charge in [-0.1, -0.05) is 13.8 Å². The molecule has 112 valence electrons. The fraction of sp³-hybridized carbons (Fsp3) is 0.692. The van der Waals surface area contributed by atoms with Crippen LogP contribution in [0, 0.1) is 0 Å². The van der Waals surface area contributed by atoms with Gasteiger partial charge in [-0.05, 0) is 13.8 Å². The number of hydrogen-bond acceptors (Lipinski definition) is 5. The number of hydrogen-bond donors (Lipinski definition) is 0. The molecule has 0 saturated carbocycles. The quantitative estimate of drug-likeness (QED) is 0.825. The van der Waals surface area contributed by atoms with Gasteiger partial charge in [0.1, 0.15) is 5.76 Å². The summed E-state index contributed by atoms with van der Waals surface area (Å²) in [5.41, 5.74) is 0.290. The van der Waals surface area contributed by atoms with E-state index in [1.54, 1.807) is 18.7 Å². The van der Waals surface area contributed by atoms with Gasteiger partial charge in [0.05, 0.1) is 11.0 Å². The molecule has 2 atom stereocenters. The van der Waals surface area contributed by atoms with E-state index in [-0.39, 0.29) is 30.2 Å². The second-order valence-corrected chi connectivity index (χ2v) is 8.01. The maximum atomic E-state index is 12.6. The number of carbonyl (C=O) groups is 1. The fourth-order valence-electron chi connectivity index (χ4n) is 2.42. The van der Waals surface area contributed by atoms with E-state index >= 15 is 0 Å². The SMILES string of the molecule is CC(C)c1ocnc1C(=O)N1CCS(=O)(=O)[C@@H](C)[C@H]1C. The van der Waals surface area contributed by atoms with Gasteiger partial charge in [0, 0.05) is 18.5 Å². The molecule has 0 radical (unpaired) electrons. The first-order valence-electron chi connectivity index (χ1n) is 6.71. The predicted octanol–water partition coefficient (Wildman–Crippen LogP) is 1.45. The van der Waals surface area contributed by atoms with E-state index in [1.165, 1.54) is 6.39 Å². The Morgan fingerprint density at radius 3 is 2.70 bits per heavy atom. The first-order chi connectivity index (χ1) is 9.25. The van der Waals surface area contributed by atoms with E-state index in [0.29, 0.717) is 11.5 Å². The molecule has 1 fully saturated rings. The van der Waals surface area contributed by atoms with Crippen LogP contribution in [0.1, 0.15) is 49.9 Å². The number of carbonyl (C=O) groups excluding carboxylic acids is 1. The van der Waals surface area contributed by atoms with Crippen molar-refractivity contribution >= 4 is 15.7 Å². The highest BCUT2D eigenvalue weighted by atomic mass is 32.2. The van der Waals surface area contributed by atoms with Gasteiger partial charge in [-0.15, -0.1) is 0 Å². The topological polar surface area (TPSA) is 80.5 Å². The van der Waals surface area contributed by atoms with Crippen molar-refractivity contribution < 1.29 is 17.6 Å². The van der Waals surface area contributed by atoms with Crippen molar-refractivity contribution in [1.82, 2.24) is 9.88 Å². The Morgan fingerprint density at radius 1 is 1.45 bits per heavy atom. The van der Waals surface area contributed by atoms with Crippen molar-refractivity contribution in [2.75, 3.05) is 12.3 Å². The summed E-state index contributed by atoms with van der Waals surface area (Å²) in [6, 6.07) is -0.363. The monoisotopic (exact) mass is 300 g/mol. The Bertz CT molecular complexity index is 606. The molecule has 0 spiro atoms. The van der Waals surface area contributed by atoms with Crippen LogP contribution in [-0.2, 0) is 9.84 Å². The molecule has 2 heterocycles. The molecule has 1 aliphatic rings. The van der Waals surface area contributed by atoms with Gasteiger partial charge in [0.25, 0.3) is 5.91 Å². The first-order valence-corrected chi connectivity index (χ1v) is 8.43. The van der Waals surface area contributed by atoms with E-state index in [2.05, 4.69) is 4.98 Å². The minimum absolute atomic E-state index is 0.000883. The summed E-state index contributed by atoms with van der Waals surface area (Å²) in [7, 11) is -3.11. The summed E-state index contributed by atoms with van der Waals surface area (Å²) in [5.74, 6) is 0.344. The normalized spacial score (nSPS) is 25.9. The van der Waals surface area contributed by atoms with Crippen LogP contribution in [-0.4, -0.2) is 47.8 Å². The van der Waals surface area contributed by atoms with Crippen LogP contribution in [0.2, 0.25) is 0 Å². The predicted molar refractivity (Wildman–Crippen MR) is 74.3 cm³/mol. The zero-order valence-corrected chi connectivity index (χ0v) is 13.0. The summed E-state index contributed by atoms with van der Waals surface area (Å²) in [6.45, 7) is 7.45. The van der Waals surface area contributed by atoms with Crippen molar-refractivity contribution in [2.45, 2.75) is 44.9 Å².